The highest BCUT2D eigenvalue weighted by molar-refractivity contribution is 14.0. The standard InChI is InChI=1S/C18H32N6O3.HI/c1-21(2)16(25)13-19-18(20-15-3-4-15)24-7-5-22(6-8-24)14-17(26)23-9-11-27-12-10-23;/h15H,3-14H2,1-2H3,(H,19,20);1H. The number of halogens is 1. The summed E-state index contributed by atoms with van der Waals surface area (Å²) in [7, 11) is 3.49. The van der Waals surface area contributed by atoms with Crippen molar-refractivity contribution in [1.82, 2.24) is 24.9 Å². The molecule has 2 heterocycles. The number of guanidine groups is 1. The highest BCUT2D eigenvalue weighted by Gasteiger charge is 2.28. The van der Waals surface area contributed by atoms with Crippen molar-refractivity contribution in [3.8, 4) is 0 Å². The van der Waals surface area contributed by atoms with E-state index >= 15 is 0 Å². The van der Waals surface area contributed by atoms with Crippen molar-refractivity contribution in [3.63, 3.8) is 0 Å². The van der Waals surface area contributed by atoms with Gasteiger partial charge in [-0.1, -0.05) is 0 Å². The molecule has 2 saturated heterocycles. The van der Waals surface area contributed by atoms with Gasteiger partial charge in [0.1, 0.15) is 6.54 Å². The van der Waals surface area contributed by atoms with Crippen molar-refractivity contribution in [3.05, 3.63) is 0 Å². The summed E-state index contributed by atoms with van der Waals surface area (Å²) in [6.07, 6.45) is 2.32. The fraction of sp³-hybridized carbons (Fsp3) is 0.833. The number of piperazine rings is 1. The number of hydrogen-bond acceptors (Lipinski definition) is 5. The molecule has 0 spiro atoms. The van der Waals surface area contributed by atoms with Crippen LogP contribution in [0.4, 0.5) is 0 Å². The molecule has 0 bridgehead atoms. The molecular weight excluding hydrogens is 475 g/mol. The van der Waals surface area contributed by atoms with Crippen LogP contribution >= 0.6 is 24.0 Å². The van der Waals surface area contributed by atoms with Crippen molar-refractivity contribution in [2.45, 2.75) is 18.9 Å². The van der Waals surface area contributed by atoms with Crippen LogP contribution in [0.3, 0.4) is 0 Å². The van der Waals surface area contributed by atoms with Gasteiger partial charge in [-0.25, -0.2) is 4.99 Å². The fourth-order valence-corrected chi connectivity index (χ4v) is 3.15. The van der Waals surface area contributed by atoms with Gasteiger partial charge in [0, 0.05) is 59.4 Å². The first-order valence-corrected chi connectivity index (χ1v) is 9.87. The lowest BCUT2D eigenvalue weighted by Gasteiger charge is -2.37. The molecule has 3 aliphatic rings. The van der Waals surface area contributed by atoms with Crippen LogP contribution in [-0.4, -0.2) is 123 Å². The first-order chi connectivity index (χ1) is 13.0. The number of aliphatic imine (C=N–C) groups is 1. The van der Waals surface area contributed by atoms with E-state index < -0.39 is 0 Å². The Balaban J connectivity index is 0.00000280. The third-order valence-electron chi connectivity index (χ3n) is 5.17. The summed E-state index contributed by atoms with van der Waals surface area (Å²) in [5.74, 6) is 1.01. The number of amides is 2. The Bertz CT molecular complexity index is 556. The topological polar surface area (TPSA) is 80.7 Å². The zero-order chi connectivity index (χ0) is 19.2. The summed E-state index contributed by atoms with van der Waals surface area (Å²) in [6.45, 7) is 6.56. The monoisotopic (exact) mass is 508 g/mol. The van der Waals surface area contributed by atoms with Crippen molar-refractivity contribution in [1.29, 1.82) is 0 Å². The molecular formula is C18H33IN6O3. The van der Waals surface area contributed by atoms with Gasteiger partial charge in [0.2, 0.25) is 11.8 Å². The maximum Gasteiger partial charge on any atom is 0.243 e. The van der Waals surface area contributed by atoms with Crippen LogP contribution in [0.25, 0.3) is 0 Å². The average Bonchev–Trinajstić information content (AvgIpc) is 3.50. The van der Waals surface area contributed by atoms with Crippen molar-refractivity contribution < 1.29 is 14.3 Å². The van der Waals surface area contributed by atoms with E-state index in [4.69, 9.17) is 4.74 Å². The molecule has 1 N–H and O–H groups in total. The minimum atomic E-state index is -0.000147. The molecule has 0 unspecified atom stereocenters. The van der Waals surface area contributed by atoms with Gasteiger partial charge in [-0.2, -0.15) is 0 Å². The number of morpholine rings is 1. The van der Waals surface area contributed by atoms with Crippen LogP contribution in [0.5, 0.6) is 0 Å². The zero-order valence-electron chi connectivity index (χ0n) is 16.9. The number of nitrogens with zero attached hydrogens (tertiary/aromatic N) is 5. The van der Waals surface area contributed by atoms with E-state index in [1.807, 2.05) is 4.90 Å². The normalized spacial score (nSPS) is 21.1. The van der Waals surface area contributed by atoms with Crippen LogP contribution in [0, 0.1) is 0 Å². The Kier molecular flexibility index (Phi) is 9.22. The molecule has 3 rings (SSSR count). The molecule has 1 saturated carbocycles. The maximum absolute atomic E-state index is 12.4. The van der Waals surface area contributed by atoms with E-state index in [2.05, 4.69) is 20.1 Å². The summed E-state index contributed by atoms with van der Waals surface area (Å²) < 4.78 is 5.31. The predicted octanol–water partition coefficient (Wildman–Crippen LogP) is -0.723. The van der Waals surface area contributed by atoms with Gasteiger partial charge in [-0.15, -0.1) is 24.0 Å². The number of rotatable bonds is 5. The van der Waals surface area contributed by atoms with Crippen LogP contribution in [0.15, 0.2) is 4.99 Å². The third-order valence-corrected chi connectivity index (χ3v) is 5.17. The first kappa shape index (κ1) is 23.1. The number of nitrogens with one attached hydrogen (secondary N) is 1. The average molecular weight is 508 g/mol. The van der Waals surface area contributed by atoms with Gasteiger partial charge < -0.3 is 24.8 Å². The van der Waals surface area contributed by atoms with Gasteiger partial charge in [0.15, 0.2) is 5.96 Å². The first-order valence-electron chi connectivity index (χ1n) is 9.87. The molecule has 10 heteroatoms. The van der Waals surface area contributed by atoms with Crippen LogP contribution in [-0.2, 0) is 14.3 Å². The largest absolute Gasteiger partial charge is 0.378 e. The Morgan fingerprint density at radius 1 is 1.04 bits per heavy atom. The van der Waals surface area contributed by atoms with E-state index in [0.29, 0.717) is 38.9 Å². The van der Waals surface area contributed by atoms with Gasteiger partial charge in [-0.05, 0) is 12.8 Å². The predicted molar refractivity (Wildman–Crippen MR) is 118 cm³/mol. The summed E-state index contributed by atoms with van der Waals surface area (Å²) in [5, 5.41) is 3.46. The summed E-state index contributed by atoms with van der Waals surface area (Å²) in [6, 6.07) is 0.485. The van der Waals surface area contributed by atoms with E-state index in [-0.39, 0.29) is 42.3 Å². The number of carbonyl (C=O) groups is 2. The van der Waals surface area contributed by atoms with Gasteiger partial charge in [0.25, 0.3) is 0 Å². The van der Waals surface area contributed by atoms with Crippen LogP contribution < -0.4 is 5.32 Å². The van der Waals surface area contributed by atoms with Gasteiger partial charge >= 0.3 is 0 Å². The number of likely N-dealkylation sites (N-methyl/N-ethyl adjacent to an activating group) is 1. The Morgan fingerprint density at radius 3 is 2.25 bits per heavy atom. The van der Waals surface area contributed by atoms with E-state index in [1.165, 1.54) is 0 Å². The highest BCUT2D eigenvalue weighted by atomic mass is 127. The quantitative estimate of drug-likeness (QED) is 0.300. The summed E-state index contributed by atoms with van der Waals surface area (Å²) >= 11 is 0. The lowest BCUT2D eigenvalue weighted by atomic mass is 10.3. The summed E-state index contributed by atoms with van der Waals surface area (Å²) in [4.78, 5) is 36.7. The second-order valence-corrected chi connectivity index (χ2v) is 7.60. The SMILES string of the molecule is CN(C)C(=O)CN=C(NC1CC1)N1CCN(CC(=O)N2CCOCC2)CC1.I. The van der Waals surface area contributed by atoms with E-state index in [1.54, 1.807) is 19.0 Å². The molecule has 1 aliphatic carbocycles. The minimum Gasteiger partial charge on any atom is -0.378 e. The number of carbonyl (C=O) groups excluding carboxylic acids is 2. The van der Waals surface area contributed by atoms with Crippen molar-refractivity contribution in [2.24, 2.45) is 4.99 Å². The molecule has 9 nitrogen and oxygen atoms in total. The zero-order valence-corrected chi connectivity index (χ0v) is 19.3. The highest BCUT2D eigenvalue weighted by Crippen LogP contribution is 2.19. The Morgan fingerprint density at radius 2 is 1.68 bits per heavy atom. The minimum absolute atomic E-state index is 0. The number of ether oxygens (including phenoxy) is 1. The lowest BCUT2D eigenvalue weighted by molar-refractivity contribution is -0.136. The molecule has 160 valence electrons. The molecule has 0 radical (unpaired) electrons. The van der Waals surface area contributed by atoms with Gasteiger partial charge in [0.05, 0.1) is 19.8 Å². The molecule has 0 atom stereocenters. The smallest absolute Gasteiger partial charge is 0.243 e. The van der Waals surface area contributed by atoms with Crippen molar-refractivity contribution in [2.75, 3.05) is 79.7 Å². The summed E-state index contributed by atoms with van der Waals surface area (Å²) in [5.41, 5.74) is 0. The molecule has 2 amide bonds. The lowest BCUT2D eigenvalue weighted by Crippen LogP contribution is -2.55. The van der Waals surface area contributed by atoms with E-state index in [0.717, 1.165) is 45.0 Å². The molecule has 3 fully saturated rings. The van der Waals surface area contributed by atoms with Crippen LogP contribution in [0.1, 0.15) is 12.8 Å². The number of hydrogen-bond donors (Lipinski definition) is 1. The molecule has 0 aromatic heterocycles. The third kappa shape index (κ3) is 7.03. The van der Waals surface area contributed by atoms with E-state index in [9.17, 15) is 9.59 Å². The van der Waals surface area contributed by atoms with Crippen LogP contribution in [0.2, 0.25) is 0 Å². The Hall–Kier alpha value is -1.14. The molecule has 2 aliphatic heterocycles. The molecule has 0 aromatic rings. The Labute approximate surface area is 184 Å². The fourth-order valence-electron chi connectivity index (χ4n) is 3.15. The van der Waals surface area contributed by atoms with Crippen molar-refractivity contribution >= 4 is 41.8 Å². The van der Waals surface area contributed by atoms with Gasteiger partial charge in [-0.3, -0.25) is 14.5 Å². The maximum atomic E-state index is 12.4. The second-order valence-electron chi connectivity index (χ2n) is 7.60. The molecule has 0 aromatic carbocycles. The second kappa shape index (κ2) is 11.1. The molecule has 28 heavy (non-hydrogen) atoms.